The maximum atomic E-state index is 15.1. The zero-order chi connectivity index (χ0) is 30.6. The molecule has 1 unspecified atom stereocenters. The highest BCUT2D eigenvalue weighted by molar-refractivity contribution is 7.46. The standard InChI is InChI=1S/C27H27F4N8O3P/c1-3-41-43-15-16-5-6-21(19(28)11-16)37-26-33-13-18(27(29,30)31)24(38-26)36-22-8-7-20(35-23(22)25(40)32-2)17-12-34-39(14-17)9-4-10-42-43/h5-8,11-14H,3-4,9-10,15H2,1-2H3,(H,32,40)(H2,33,36,37,38). The molecule has 8 rings (SSSR count). The number of aryl methyl sites for hydroxylation is 1. The number of benzene rings is 1. The number of hydrogen-bond donors (Lipinski definition) is 3. The van der Waals surface area contributed by atoms with Crippen molar-refractivity contribution in [1.82, 2.24) is 30.0 Å². The third-order valence-corrected chi connectivity index (χ3v) is 7.89. The maximum Gasteiger partial charge on any atom is 0.421 e. The molecule has 0 radical (unpaired) electrons. The molecule has 16 heteroatoms. The fourth-order valence-corrected chi connectivity index (χ4v) is 5.57. The van der Waals surface area contributed by atoms with Crippen LogP contribution in [0.1, 0.15) is 35.0 Å². The SMILES string of the molecule is CCOP1Cc2ccc(c(F)c2)Nc2ncc(C(F)(F)F)c(n2)Nc2ccc(nc2C(=O)NC)-c2cnn(c2)CCCO1. The molecule has 3 aromatic heterocycles. The van der Waals surface area contributed by atoms with Gasteiger partial charge in [0.2, 0.25) is 5.95 Å². The van der Waals surface area contributed by atoms with E-state index in [2.05, 4.69) is 36.0 Å². The Kier molecular flexibility index (Phi) is 9.14. The highest BCUT2D eigenvalue weighted by Crippen LogP contribution is 2.43. The van der Waals surface area contributed by atoms with Crippen LogP contribution in [0, 0.1) is 5.82 Å². The molecule has 4 aliphatic rings. The van der Waals surface area contributed by atoms with E-state index >= 15 is 4.39 Å². The van der Waals surface area contributed by atoms with Gasteiger partial charge in [0.1, 0.15) is 17.2 Å². The number of pyridine rings is 1. The summed E-state index contributed by atoms with van der Waals surface area (Å²) < 4.78 is 70.3. The van der Waals surface area contributed by atoms with E-state index in [4.69, 9.17) is 9.05 Å². The average molecular weight is 619 g/mol. The molecule has 0 saturated carbocycles. The Labute approximate surface area is 245 Å². The van der Waals surface area contributed by atoms with Crippen molar-refractivity contribution in [2.45, 2.75) is 32.2 Å². The van der Waals surface area contributed by atoms with Gasteiger partial charge in [0, 0.05) is 37.7 Å². The van der Waals surface area contributed by atoms with E-state index in [9.17, 15) is 18.0 Å². The Morgan fingerprint density at radius 3 is 2.72 bits per heavy atom. The molecule has 1 amide bonds. The van der Waals surface area contributed by atoms with Gasteiger partial charge in [0.05, 0.1) is 36.5 Å². The van der Waals surface area contributed by atoms with Crippen molar-refractivity contribution in [2.24, 2.45) is 0 Å². The highest BCUT2D eigenvalue weighted by atomic mass is 31.2. The van der Waals surface area contributed by atoms with Gasteiger partial charge >= 0.3 is 6.18 Å². The lowest BCUT2D eigenvalue weighted by Gasteiger charge is -2.18. The van der Waals surface area contributed by atoms with Crippen molar-refractivity contribution in [1.29, 1.82) is 0 Å². The lowest BCUT2D eigenvalue weighted by atomic mass is 10.1. The van der Waals surface area contributed by atoms with Crippen LogP contribution in [0.5, 0.6) is 0 Å². The lowest BCUT2D eigenvalue weighted by molar-refractivity contribution is -0.137. The Balaban J connectivity index is 1.59. The van der Waals surface area contributed by atoms with E-state index in [1.54, 1.807) is 29.2 Å². The van der Waals surface area contributed by atoms with Crippen molar-refractivity contribution in [3.8, 4) is 11.3 Å². The summed E-state index contributed by atoms with van der Waals surface area (Å²) in [7, 11) is 0.0284. The summed E-state index contributed by atoms with van der Waals surface area (Å²) in [6, 6.07) is 7.36. The van der Waals surface area contributed by atoms with Gasteiger partial charge in [-0.3, -0.25) is 9.48 Å². The third kappa shape index (κ3) is 7.24. The molecule has 43 heavy (non-hydrogen) atoms. The number of amides is 1. The van der Waals surface area contributed by atoms with Crippen LogP contribution in [0.4, 0.5) is 40.7 Å². The first-order valence-electron chi connectivity index (χ1n) is 13.2. The molecule has 3 N–H and O–H groups in total. The predicted molar refractivity (Wildman–Crippen MR) is 152 cm³/mol. The van der Waals surface area contributed by atoms with E-state index < -0.39 is 37.7 Å². The van der Waals surface area contributed by atoms with Crippen molar-refractivity contribution in [2.75, 3.05) is 30.9 Å². The van der Waals surface area contributed by atoms with E-state index in [1.165, 1.54) is 25.2 Å². The number of nitrogens with one attached hydrogen (secondary N) is 3. The summed E-state index contributed by atoms with van der Waals surface area (Å²) in [6.07, 6.45) is 0.0125. The van der Waals surface area contributed by atoms with Gasteiger partial charge in [-0.05, 0) is 43.2 Å². The minimum absolute atomic E-state index is 0.0359. The molecule has 1 aromatic carbocycles. The highest BCUT2D eigenvalue weighted by Gasteiger charge is 2.36. The van der Waals surface area contributed by atoms with Crippen LogP contribution in [0.15, 0.2) is 48.9 Å². The van der Waals surface area contributed by atoms with Crippen LogP contribution in [0.2, 0.25) is 0 Å². The van der Waals surface area contributed by atoms with Crippen molar-refractivity contribution in [3.63, 3.8) is 0 Å². The quantitative estimate of drug-likeness (QED) is 0.187. The van der Waals surface area contributed by atoms with Gasteiger partial charge < -0.3 is 25.0 Å². The average Bonchev–Trinajstić information content (AvgIpc) is 3.44. The van der Waals surface area contributed by atoms with Gasteiger partial charge in [-0.15, -0.1) is 0 Å². The van der Waals surface area contributed by atoms with Gasteiger partial charge in [-0.2, -0.15) is 23.3 Å². The fraction of sp³-hybridized carbons (Fsp3) is 0.296. The molecule has 4 aliphatic heterocycles. The van der Waals surface area contributed by atoms with Crippen molar-refractivity contribution in [3.05, 3.63) is 71.6 Å². The predicted octanol–water partition coefficient (Wildman–Crippen LogP) is 6.01. The first-order chi connectivity index (χ1) is 20.6. The smallest absolute Gasteiger partial charge is 0.354 e. The second kappa shape index (κ2) is 13.0. The summed E-state index contributed by atoms with van der Waals surface area (Å²) in [5, 5.41) is 12.0. The van der Waals surface area contributed by atoms with Crippen molar-refractivity contribution >= 4 is 37.4 Å². The molecule has 226 valence electrons. The monoisotopic (exact) mass is 618 g/mol. The van der Waals surface area contributed by atoms with Gasteiger partial charge in [-0.1, -0.05) is 6.07 Å². The number of rotatable bonds is 3. The molecule has 1 atom stereocenters. The first-order valence-corrected chi connectivity index (χ1v) is 14.6. The van der Waals surface area contributed by atoms with Crippen LogP contribution in [0.25, 0.3) is 11.3 Å². The van der Waals surface area contributed by atoms with E-state index in [0.717, 1.165) is 0 Å². The largest absolute Gasteiger partial charge is 0.421 e. The molecule has 0 saturated heterocycles. The third-order valence-electron chi connectivity index (χ3n) is 6.25. The van der Waals surface area contributed by atoms with Gasteiger partial charge in [0.15, 0.2) is 14.1 Å². The summed E-state index contributed by atoms with van der Waals surface area (Å²) in [4.78, 5) is 24.9. The van der Waals surface area contributed by atoms with Gasteiger partial charge in [0.25, 0.3) is 5.91 Å². The molecule has 11 nitrogen and oxygen atoms in total. The van der Waals surface area contributed by atoms with Crippen LogP contribution in [-0.2, 0) is 27.9 Å². The maximum absolute atomic E-state index is 15.1. The molecule has 4 aromatic rings. The topological polar surface area (TPSA) is 128 Å². The number of nitrogens with zero attached hydrogens (tertiary/aromatic N) is 5. The van der Waals surface area contributed by atoms with Crippen LogP contribution in [-0.4, -0.2) is 50.9 Å². The molecular weight excluding hydrogens is 591 g/mol. The number of carbonyl (C=O) groups excluding carboxylic acids is 1. The molecule has 0 spiro atoms. The molecule has 0 fully saturated rings. The normalized spacial score (nSPS) is 15.6. The Bertz CT molecular complexity index is 1620. The van der Waals surface area contributed by atoms with Gasteiger partial charge in [-0.25, -0.2) is 14.4 Å². The Hall–Kier alpha value is -4.20. The number of halogens is 4. The second-order valence-corrected chi connectivity index (χ2v) is 10.8. The zero-order valence-electron chi connectivity index (χ0n) is 23.1. The number of anilines is 4. The fourth-order valence-electron chi connectivity index (χ4n) is 4.20. The summed E-state index contributed by atoms with van der Waals surface area (Å²) in [6.45, 7) is 3.16. The number of aromatic nitrogens is 5. The van der Waals surface area contributed by atoms with Crippen LogP contribution < -0.4 is 16.0 Å². The summed E-state index contributed by atoms with van der Waals surface area (Å²) >= 11 is 0. The second-order valence-electron chi connectivity index (χ2n) is 9.28. The Morgan fingerprint density at radius 2 is 1.98 bits per heavy atom. The first kappa shape index (κ1) is 30.3. The Morgan fingerprint density at radius 1 is 1.16 bits per heavy atom. The van der Waals surface area contributed by atoms with E-state index in [0.29, 0.717) is 55.4 Å². The summed E-state index contributed by atoms with van der Waals surface area (Å²) in [5.74, 6) is -2.27. The number of carbonyl (C=O) groups is 1. The lowest BCUT2D eigenvalue weighted by Crippen LogP contribution is -2.21. The number of alkyl halides is 3. The zero-order valence-corrected chi connectivity index (χ0v) is 24.0. The summed E-state index contributed by atoms with van der Waals surface area (Å²) in [5.41, 5.74) is 0.157. The molecule has 8 bridgehead atoms. The number of hydrogen-bond acceptors (Lipinski definition) is 9. The molecular formula is C27H27F4N8O3P. The molecule has 7 heterocycles. The van der Waals surface area contributed by atoms with Crippen LogP contribution in [0.3, 0.4) is 0 Å². The minimum Gasteiger partial charge on any atom is -0.354 e. The minimum atomic E-state index is -4.84. The van der Waals surface area contributed by atoms with E-state index in [-0.39, 0.29) is 23.0 Å². The van der Waals surface area contributed by atoms with E-state index in [1.807, 2.05) is 6.92 Å². The molecule has 0 aliphatic carbocycles. The van der Waals surface area contributed by atoms with Crippen molar-refractivity contribution < 1.29 is 31.4 Å². The van der Waals surface area contributed by atoms with Crippen LogP contribution >= 0.6 is 8.38 Å².